The zero-order valence-corrected chi connectivity index (χ0v) is 16.3. The lowest BCUT2D eigenvalue weighted by Crippen LogP contribution is -2.46. The predicted molar refractivity (Wildman–Crippen MR) is 98.9 cm³/mol. The van der Waals surface area contributed by atoms with Gasteiger partial charge in [-0.2, -0.15) is 0 Å². The van der Waals surface area contributed by atoms with E-state index in [2.05, 4.69) is 16.7 Å². The van der Waals surface area contributed by atoms with Gasteiger partial charge in [0.1, 0.15) is 13.2 Å². The van der Waals surface area contributed by atoms with Crippen molar-refractivity contribution in [1.29, 1.82) is 0 Å². The summed E-state index contributed by atoms with van der Waals surface area (Å²) >= 11 is 0. The Kier molecular flexibility index (Phi) is 10.7. The van der Waals surface area contributed by atoms with Crippen molar-refractivity contribution in [1.82, 2.24) is 19.6 Å². The molecule has 2 N–H and O–H groups in total. The number of carboxylic acids is 2. The first-order valence-electron chi connectivity index (χ1n) is 9.38. The minimum absolute atomic E-state index is 0.0197. The Morgan fingerprint density at radius 1 is 0.815 bits per heavy atom. The van der Waals surface area contributed by atoms with E-state index in [4.69, 9.17) is 14.9 Å². The number of aliphatic carboxylic acids is 2. The van der Waals surface area contributed by atoms with Crippen LogP contribution in [0.5, 0.6) is 0 Å². The van der Waals surface area contributed by atoms with E-state index in [-0.39, 0.29) is 26.2 Å². The highest BCUT2D eigenvalue weighted by molar-refractivity contribution is 5.76. The molecule has 10 heteroatoms. The molecule has 0 aromatic heterocycles. The van der Waals surface area contributed by atoms with Gasteiger partial charge in [0.15, 0.2) is 0 Å². The zero-order valence-electron chi connectivity index (χ0n) is 16.3. The number of nitrogens with zero attached hydrogens (tertiary/aromatic N) is 4. The third kappa shape index (κ3) is 9.55. The fourth-order valence-electron chi connectivity index (χ4n) is 2.90. The average Bonchev–Trinajstić information content (AvgIpc) is 2.61. The van der Waals surface area contributed by atoms with Crippen LogP contribution < -0.4 is 0 Å². The zero-order chi connectivity index (χ0) is 20.2. The molecule has 156 valence electrons. The lowest BCUT2D eigenvalue weighted by Gasteiger charge is -2.30. The van der Waals surface area contributed by atoms with Gasteiger partial charge in [0.25, 0.3) is 0 Å². The largest absolute Gasteiger partial charge is 0.480 e. The van der Waals surface area contributed by atoms with Gasteiger partial charge in [-0.05, 0) is 13.1 Å². The minimum atomic E-state index is -1.10. The molecule has 0 unspecified atom stereocenters. The van der Waals surface area contributed by atoms with Crippen LogP contribution in [-0.2, 0) is 14.3 Å². The molecule has 0 spiro atoms. The van der Waals surface area contributed by atoms with Gasteiger partial charge in [0.05, 0.1) is 6.54 Å². The van der Waals surface area contributed by atoms with E-state index in [9.17, 15) is 14.4 Å². The number of hydrogen-bond acceptors (Lipinski definition) is 7. The highest BCUT2D eigenvalue weighted by Gasteiger charge is 2.21. The molecule has 1 saturated heterocycles. The van der Waals surface area contributed by atoms with Gasteiger partial charge in [0, 0.05) is 45.8 Å². The molecule has 0 saturated carbocycles. The second-order valence-electron chi connectivity index (χ2n) is 6.47. The summed E-state index contributed by atoms with van der Waals surface area (Å²) in [7, 11) is 0. The molecule has 0 atom stereocenters. The molecule has 1 rings (SSSR count). The standard InChI is InChI=1S/C17H32N4O6/c1-3-18-5-6-19(4-2)9-10-21(14-16(24)25)17(26)27-12-11-20(8-7-18)13-15(22)23/h3-14H2,1-2H3,(H,22,23)(H,24,25). The molecule has 1 amide bonds. The first-order valence-corrected chi connectivity index (χ1v) is 9.38. The quantitative estimate of drug-likeness (QED) is 0.625. The molecule has 1 aliphatic heterocycles. The molecule has 10 nitrogen and oxygen atoms in total. The number of carbonyl (C=O) groups excluding carboxylic acids is 1. The highest BCUT2D eigenvalue weighted by atomic mass is 16.6. The summed E-state index contributed by atoms with van der Waals surface area (Å²) in [5, 5.41) is 18.1. The maximum Gasteiger partial charge on any atom is 0.410 e. The van der Waals surface area contributed by atoms with E-state index in [1.54, 1.807) is 4.90 Å². The molecular formula is C17H32N4O6. The van der Waals surface area contributed by atoms with Crippen LogP contribution in [0.15, 0.2) is 0 Å². The topological polar surface area (TPSA) is 114 Å². The smallest absolute Gasteiger partial charge is 0.410 e. The van der Waals surface area contributed by atoms with E-state index in [0.29, 0.717) is 13.1 Å². The van der Waals surface area contributed by atoms with Crippen LogP contribution >= 0.6 is 0 Å². The highest BCUT2D eigenvalue weighted by Crippen LogP contribution is 2.01. The van der Waals surface area contributed by atoms with Gasteiger partial charge in [-0.15, -0.1) is 0 Å². The van der Waals surface area contributed by atoms with E-state index >= 15 is 0 Å². The maximum atomic E-state index is 12.2. The van der Waals surface area contributed by atoms with E-state index in [0.717, 1.165) is 32.7 Å². The number of rotatable bonds is 6. The summed E-state index contributed by atoms with van der Waals surface area (Å²) in [6.07, 6.45) is -0.684. The van der Waals surface area contributed by atoms with Gasteiger partial charge in [-0.25, -0.2) is 4.79 Å². The third-order valence-corrected chi connectivity index (χ3v) is 4.62. The van der Waals surface area contributed by atoms with Crippen molar-refractivity contribution < 1.29 is 29.3 Å². The fraction of sp³-hybridized carbons (Fsp3) is 0.824. The van der Waals surface area contributed by atoms with Crippen molar-refractivity contribution in [3.05, 3.63) is 0 Å². The molecule has 0 aliphatic carbocycles. The fourth-order valence-corrected chi connectivity index (χ4v) is 2.90. The van der Waals surface area contributed by atoms with Gasteiger partial charge in [-0.1, -0.05) is 13.8 Å². The number of carboxylic acid groups (broad SMARTS) is 2. The first kappa shape index (κ1) is 23.1. The predicted octanol–water partition coefficient (Wildman–Crippen LogP) is -0.446. The molecule has 1 aliphatic rings. The number of hydrogen-bond donors (Lipinski definition) is 2. The summed E-state index contributed by atoms with van der Waals surface area (Å²) < 4.78 is 5.19. The number of carbonyl (C=O) groups is 3. The number of cyclic esters (lactones) is 1. The van der Waals surface area contributed by atoms with Crippen LogP contribution in [0.4, 0.5) is 4.79 Å². The van der Waals surface area contributed by atoms with Gasteiger partial charge < -0.3 is 24.7 Å². The van der Waals surface area contributed by atoms with Crippen LogP contribution in [0.2, 0.25) is 0 Å². The number of amides is 1. The Balaban J connectivity index is 2.84. The van der Waals surface area contributed by atoms with Crippen LogP contribution in [0.1, 0.15) is 13.8 Å². The van der Waals surface area contributed by atoms with E-state index in [1.165, 1.54) is 4.90 Å². The van der Waals surface area contributed by atoms with Gasteiger partial charge >= 0.3 is 18.0 Å². The monoisotopic (exact) mass is 388 g/mol. The normalized spacial score (nSPS) is 20.1. The Morgan fingerprint density at radius 2 is 1.30 bits per heavy atom. The lowest BCUT2D eigenvalue weighted by atomic mass is 10.3. The van der Waals surface area contributed by atoms with Crippen molar-refractivity contribution in [3.63, 3.8) is 0 Å². The van der Waals surface area contributed by atoms with Crippen molar-refractivity contribution in [2.24, 2.45) is 0 Å². The summed E-state index contributed by atoms with van der Waals surface area (Å²) in [6.45, 7) is 9.25. The minimum Gasteiger partial charge on any atom is -0.480 e. The van der Waals surface area contributed by atoms with Gasteiger partial charge in [0.2, 0.25) is 0 Å². The summed E-state index contributed by atoms with van der Waals surface area (Å²) in [5.74, 6) is -2.03. The molecule has 0 aromatic rings. The summed E-state index contributed by atoms with van der Waals surface area (Å²) in [4.78, 5) is 41.7. The van der Waals surface area contributed by atoms with Crippen LogP contribution in [0.3, 0.4) is 0 Å². The maximum absolute atomic E-state index is 12.2. The molecule has 0 radical (unpaired) electrons. The first-order chi connectivity index (χ1) is 12.8. The SMILES string of the molecule is CCN1CCN(CC)CCN(CC(=O)O)C(=O)OCCN(CC(=O)O)CC1. The van der Waals surface area contributed by atoms with Crippen molar-refractivity contribution in [2.45, 2.75) is 13.8 Å². The number of ether oxygens (including phenoxy) is 1. The molecule has 0 bridgehead atoms. The Morgan fingerprint density at radius 3 is 1.78 bits per heavy atom. The van der Waals surface area contributed by atoms with Crippen LogP contribution in [0, 0.1) is 0 Å². The van der Waals surface area contributed by atoms with Crippen molar-refractivity contribution >= 4 is 18.0 Å². The molecular weight excluding hydrogens is 356 g/mol. The molecule has 0 aromatic carbocycles. The Bertz CT molecular complexity index is 490. The molecule has 1 heterocycles. The molecule has 27 heavy (non-hydrogen) atoms. The summed E-state index contributed by atoms with van der Waals surface area (Å²) in [6, 6.07) is 0. The second-order valence-corrected chi connectivity index (χ2v) is 6.47. The average molecular weight is 388 g/mol. The van der Waals surface area contributed by atoms with Crippen molar-refractivity contribution in [2.75, 3.05) is 78.6 Å². The second kappa shape index (κ2) is 12.5. The Labute approximate surface area is 160 Å². The Hall–Kier alpha value is -1.91. The van der Waals surface area contributed by atoms with E-state index in [1.807, 2.05) is 6.92 Å². The van der Waals surface area contributed by atoms with Gasteiger partial charge in [-0.3, -0.25) is 19.4 Å². The molecule has 1 fully saturated rings. The lowest BCUT2D eigenvalue weighted by molar-refractivity contribution is -0.139. The third-order valence-electron chi connectivity index (χ3n) is 4.62. The van der Waals surface area contributed by atoms with Crippen LogP contribution in [0.25, 0.3) is 0 Å². The van der Waals surface area contributed by atoms with Crippen LogP contribution in [-0.4, -0.2) is 126 Å². The summed E-state index contributed by atoms with van der Waals surface area (Å²) in [5.41, 5.74) is 0. The van der Waals surface area contributed by atoms with E-state index < -0.39 is 24.6 Å². The van der Waals surface area contributed by atoms with Crippen molar-refractivity contribution in [3.8, 4) is 0 Å². The number of likely N-dealkylation sites (N-methyl/N-ethyl adjacent to an activating group) is 2.